The summed E-state index contributed by atoms with van der Waals surface area (Å²) in [5, 5.41) is 3.52. The average molecular weight is 231 g/mol. The summed E-state index contributed by atoms with van der Waals surface area (Å²) in [5.41, 5.74) is 2.83. The average Bonchev–Trinajstić information content (AvgIpc) is 3.17. The molecule has 17 heavy (non-hydrogen) atoms. The third-order valence-electron chi connectivity index (χ3n) is 4.04. The van der Waals surface area contributed by atoms with Crippen molar-refractivity contribution in [2.75, 3.05) is 6.54 Å². The van der Waals surface area contributed by atoms with Gasteiger partial charge in [0.05, 0.1) is 12.2 Å². The topological polar surface area (TPSA) is 21.3 Å². The van der Waals surface area contributed by atoms with Gasteiger partial charge in [-0.05, 0) is 43.7 Å². The van der Waals surface area contributed by atoms with Crippen LogP contribution >= 0.6 is 0 Å². The summed E-state index contributed by atoms with van der Waals surface area (Å²) in [6.45, 7) is 5.26. The molecule has 1 saturated heterocycles. The zero-order chi connectivity index (χ0) is 11.8. The monoisotopic (exact) mass is 231 g/mol. The van der Waals surface area contributed by atoms with E-state index in [1.54, 1.807) is 0 Å². The van der Waals surface area contributed by atoms with Gasteiger partial charge in [-0.3, -0.25) is 0 Å². The predicted molar refractivity (Wildman–Crippen MR) is 69.2 cm³/mol. The molecule has 92 valence electrons. The summed E-state index contributed by atoms with van der Waals surface area (Å²) >= 11 is 0. The molecule has 0 aromatic heterocycles. The summed E-state index contributed by atoms with van der Waals surface area (Å²) in [4.78, 5) is 0. The second kappa shape index (κ2) is 4.43. The maximum atomic E-state index is 6.08. The van der Waals surface area contributed by atoms with Gasteiger partial charge in [0.2, 0.25) is 0 Å². The SMILES string of the molecule is CC1NCC(c2cccc(C3CC3)c2)OC1C. The minimum atomic E-state index is 0.222. The Morgan fingerprint density at radius 2 is 1.94 bits per heavy atom. The van der Waals surface area contributed by atoms with Crippen molar-refractivity contribution in [1.29, 1.82) is 0 Å². The molecule has 1 heterocycles. The molecule has 0 bridgehead atoms. The normalized spacial score (nSPS) is 33.6. The highest BCUT2D eigenvalue weighted by molar-refractivity contribution is 5.30. The third-order valence-corrected chi connectivity index (χ3v) is 4.04. The van der Waals surface area contributed by atoms with E-state index in [9.17, 15) is 0 Å². The van der Waals surface area contributed by atoms with Gasteiger partial charge in [0.25, 0.3) is 0 Å². The summed E-state index contributed by atoms with van der Waals surface area (Å²) in [5.74, 6) is 0.822. The standard InChI is InChI=1S/C15H21NO/c1-10-11(2)17-15(9-16-10)14-5-3-4-13(8-14)12-6-7-12/h3-5,8,10-12,15-16H,6-7,9H2,1-2H3. The van der Waals surface area contributed by atoms with Crippen molar-refractivity contribution in [3.05, 3.63) is 35.4 Å². The molecule has 1 saturated carbocycles. The van der Waals surface area contributed by atoms with E-state index in [-0.39, 0.29) is 6.10 Å². The Labute approximate surface area is 103 Å². The van der Waals surface area contributed by atoms with Crippen LogP contribution in [0.4, 0.5) is 0 Å². The molecule has 1 N–H and O–H groups in total. The Bertz CT molecular complexity index is 400. The third kappa shape index (κ3) is 2.38. The van der Waals surface area contributed by atoms with E-state index in [0.29, 0.717) is 12.1 Å². The molecule has 0 spiro atoms. The zero-order valence-electron chi connectivity index (χ0n) is 10.6. The van der Waals surface area contributed by atoms with Crippen LogP contribution in [-0.4, -0.2) is 18.7 Å². The van der Waals surface area contributed by atoms with E-state index in [2.05, 4.69) is 43.4 Å². The van der Waals surface area contributed by atoms with Crippen LogP contribution in [0.2, 0.25) is 0 Å². The summed E-state index contributed by atoms with van der Waals surface area (Å²) < 4.78 is 6.08. The van der Waals surface area contributed by atoms with Gasteiger partial charge in [0, 0.05) is 12.6 Å². The maximum absolute atomic E-state index is 6.08. The fourth-order valence-electron chi connectivity index (χ4n) is 2.51. The van der Waals surface area contributed by atoms with Gasteiger partial charge in [-0.1, -0.05) is 24.3 Å². The number of morpholine rings is 1. The fraction of sp³-hybridized carbons (Fsp3) is 0.600. The van der Waals surface area contributed by atoms with Crippen LogP contribution < -0.4 is 5.32 Å². The molecule has 3 rings (SSSR count). The Morgan fingerprint density at radius 1 is 1.18 bits per heavy atom. The largest absolute Gasteiger partial charge is 0.368 e. The molecule has 0 radical (unpaired) electrons. The lowest BCUT2D eigenvalue weighted by atomic mass is 10.0. The van der Waals surface area contributed by atoms with Gasteiger partial charge in [0.1, 0.15) is 0 Å². The molecule has 1 aliphatic carbocycles. The lowest BCUT2D eigenvalue weighted by Crippen LogP contribution is -2.46. The smallest absolute Gasteiger partial charge is 0.0953 e. The van der Waals surface area contributed by atoms with E-state index in [4.69, 9.17) is 4.74 Å². The summed E-state index contributed by atoms with van der Waals surface area (Å²) in [7, 11) is 0. The Kier molecular flexibility index (Phi) is 2.93. The molecule has 1 aliphatic heterocycles. The number of rotatable bonds is 2. The highest BCUT2D eigenvalue weighted by Gasteiger charge is 2.27. The first-order valence-corrected chi connectivity index (χ1v) is 6.73. The van der Waals surface area contributed by atoms with Gasteiger partial charge < -0.3 is 10.1 Å². The summed E-state index contributed by atoms with van der Waals surface area (Å²) in [6.07, 6.45) is 3.24. The second-order valence-corrected chi connectivity index (χ2v) is 5.47. The first-order valence-electron chi connectivity index (χ1n) is 6.73. The van der Waals surface area contributed by atoms with Crippen molar-refractivity contribution in [3.63, 3.8) is 0 Å². The Hall–Kier alpha value is -0.860. The number of ether oxygens (including phenoxy) is 1. The van der Waals surface area contributed by atoms with Gasteiger partial charge in [-0.25, -0.2) is 0 Å². The predicted octanol–water partition coefficient (Wildman–Crippen LogP) is 3.00. The van der Waals surface area contributed by atoms with E-state index >= 15 is 0 Å². The van der Waals surface area contributed by atoms with E-state index in [1.165, 1.54) is 24.0 Å². The van der Waals surface area contributed by atoms with Crippen LogP contribution in [0.3, 0.4) is 0 Å². The molecule has 2 fully saturated rings. The van der Waals surface area contributed by atoms with Crippen LogP contribution in [0, 0.1) is 0 Å². The fourth-order valence-corrected chi connectivity index (χ4v) is 2.51. The van der Waals surface area contributed by atoms with Gasteiger partial charge >= 0.3 is 0 Å². The van der Waals surface area contributed by atoms with Crippen molar-refractivity contribution in [2.24, 2.45) is 0 Å². The van der Waals surface area contributed by atoms with Gasteiger partial charge in [-0.2, -0.15) is 0 Å². The number of nitrogens with one attached hydrogen (secondary N) is 1. The first kappa shape index (κ1) is 11.2. The highest BCUT2D eigenvalue weighted by atomic mass is 16.5. The van der Waals surface area contributed by atoms with Crippen molar-refractivity contribution in [2.45, 2.75) is 50.9 Å². The van der Waals surface area contributed by atoms with Crippen molar-refractivity contribution >= 4 is 0 Å². The molecule has 2 nitrogen and oxygen atoms in total. The first-order chi connectivity index (χ1) is 8.24. The Balaban J connectivity index is 1.76. The van der Waals surface area contributed by atoms with Crippen LogP contribution in [0.25, 0.3) is 0 Å². The van der Waals surface area contributed by atoms with Crippen LogP contribution in [0.1, 0.15) is 49.8 Å². The lowest BCUT2D eigenvalue weighted by Gasteiger charge is -2.34. The molecule has 1 aromatic rings. The molecule has 2 heteroatoms. The Morgan fingerprint density at radius 3 is 2.65 bits per heavy atom. The lowest BCUT2D eigenvalue weighted by molar-refractivity contribution is -0.0509. The van der Waals surface area contributed by atoms with E-state index in [1.807, 2.05) is 0 Å². The molecular formula is C15H21NO. The van der Waals surface area contributed by atoms with Gasteiger partial charge in [0.15, 0.2) is 0 Å². The van der Waals surface area contributed by atoms with E-state index < -0.39 is 0 Å². The number of hydrogen-bond acceptors (Lipinski definition) is 2. The summed E-state index contributed by atoms with van der Waals surface area (Å²) in [6, 6.07) is 9.42. The van der Waals surface area contributed by atoms with Crippen LogP contribution in [0.5, 0.6) is 0 Å². The minimum Gasteiger partial charge on any atom is -0.368 e. The van der Waals surface area contributed by atoms with Crippen LogP contribution in [0.15, 0.2) is 24.3 Å². The molecule has 3 atom stereocenters. The molecular weight excluding hydrogens is 210 g/mol. The quantitative estimate of drug-likeness (QED) is 0.845. The van der Waals surface area contributed by atoms with Crippen molar-refractivity contribution < 1.29 is 4.74 Å². The molecule has 1 aromatic carbocycles. The number of benzene rings is 1. The van der Waals surface area contributed by atoms with Crippen molar-refractivity contribution in [1.82, 2.24) is 5.32 Å². The second-order valence-electron chi connectivity index (χ2n) is 5.47. The number of hydrogen-bond donors (Lipinski definition) is 1. The maximum Gasteiger partial charge on any atom is 0.0953 e. The zero-order valence-corrected chi connectivity index (χ0v) is 10.6. The minimum absolute atomic E-state index is 0.222. The molecule has 0 amide bonds. The van der Waals surface area contributed by atoms with Gasteiger partial charge in [-0.15, -0.1) is 0 Å². The van der Waals surface area contributed by atoms with E-state index in [0.717, 1.165) is 12.5 Å². The molecule has 3 unspecified atom stereocenters. The molecule has 2 aliphatic rings. The highest BCUT2D eigenvalue weighted by Crippen LogP contribution is 2.40. The van der Waals surface area contributed by atoms with Crippen LogP contribution in [-0.2, 0) is 4.74 Å². The van der Waals surface area contributed by atoms with Crippen molar-refractivity contribution in [3.8, 4) is 0 Å².